The van der Waals surface area contributed by atoms with Crippen LogP contribution in [0.3, 0.4) is 0 Å². The molecule has 0 saturated heterocycles. The number of nitrogen functional groups attached to an aromatic ring is 1. The molecule has 0 aliphatic heterocycles. The van der Waals surface area contributed by atoms with Gasteiger partial charge in [-0.15, -0.1) is 0 Å². The van der Waals surface area contributed by atoms with Gasteiger partial charge in [0, 0.05) is 5.69 Å². The zero-order chi connectivity index (χ0) is 18.8. The smallest absolute Gasteiger partial charge is 0.0313 e. The van der Waals surface area contributed by atoms with Crippen molar-refractivity contribution in [3.63, 3.8) is 0 Å². The maximum absolute atomic E-state index is 5.36. The Bertz CT molecular complexity index is 607. The summed E-state index contributed by atoms with van der Waals surface area (Å²) in [6, 6.07) is 19.9. The van der Waals surface area contributed by atoms with Gasteiger partial charge in [-0.05, 0) is 36.6 Å². The fourth-order valence-electron chi connectivity index (χ4n) is 1.86. The van der Waals surface area contributed by atoms with Gasteiger partial charge < -0.3 is 5.73 Å². The maximum Gasteiger partial charge on any atom is 0.0313 e. The zero-order valence-corrected chi connectivity index (χ0v) is 16.2. The van der Waals surface area contributed by atoms with E-state index in [1.54, 1.807) is 0 Å². The van der Waals surface area contributed by atoms with Crippen molar-refractivity contribution in [1.29, 1.82) is 0 Å². The molecule has 134 valence electrons. The molecule has 0 heterocycles. The van der Waals surface area contributed by atoms with Gasteiger partial charge in [0.25, 0.3) is 0 Å². The Morgan fingerprint density at radius 2 is 1.40 bits per heavy atom. The molecule has 0 fully saturated rings. The Hall–Kier alpha value is -2.54. The SMILES string of the molecule is CC.CCC/C=C/C=C\C=C(/C)c1ccccc1.Nc1ccccc1. The van der Waals surface area contributed by atoms with E-state index in [0.717, 1.165) is 12.1 Å². The highest BCUT2D eigenvalue weighted by Crippen LogP contribution is 2.12. The molecule has 0 bridgehead atoms. The first-order valence-corrected chi connectivity index (χ1v) is 9.10. The van der Waals surface area contributed by atoms with Crippen molar-refractivity contribution in [3.05, 3.63) is 96.6 Å². The molecule has 0 unspecified atom stereocenters. The van der Waals surface area contributed by atoms with Crippen LogP contribution in [0, 0.1) is 0 Å². The van der Waals surface area contributed by atoms with Crippen LogP contribution in [-0.2, 0) is 0 Å². The normalized spacial score (nSPS) is 10.8. The van der Waals surface area contributed by atoms with E-state index in [9.17, 15) is 0 Å². The molecule has 0 aromatic heterocycles. The Morgan fingerprint density at radius 1 is 0.840 bits per heavy atom. The minimum absolute atomic E-state index is 0.822. The largest absolute Gasteiger partial charge is 0.399 e. The number of benzene rings is 2. The van der Waals surface area contributed by atoms with Crippen LogP contribution in [-0.4, -0.2) is 0 Å². The molecule has 2 N–H and O–H groups in total. The minimum atomic E-state index is 0.822. The van der Waals surface area contributed by atoms with E-state index >= 15 is 0 Å². The number of hydrogen-bond donors (Lipinski definition) is 1. The van der Waals surface area contributed by atoms with Crippen molar-refractivity contribution in [1.82, 2.24) is 0 Å². The van der Waals surface area contributed by atoms with Gasteiger partial charge in [0.1, 0.15) is 0 Å². The third-order valence-electron chi connectivity index (χ3n) is 3.19. The molecular formula is C24H33N. The zero-order valence-electron chi connectivity index (χ0n) is 16.2. The lowest BCUT2D eigenvalue weighted by Gasteiger charge is -1.98. The number of para-hydroxylation sites is 1. The first-order valence-electron chi connectivity index (χ1n) is 9.10. The van der Waals surface area contributed by atoms with Crippen LogP contribution in [0.2, 0.25) is 0 Å². The van der Waals surface area contributed by atoms with Crippen molar-refractivity contribution in [2.24, 2.45) is 0 Å². The lowest BCUT2D eigenvalue weighted by Crippen LogP contribution is -1.79. The maximum atomic E-state index is 5.36. The van der Waals surface area contributed by atoms with Gasteiger partial charge in [0.05, 0.1) is 0 Å². The van der Waals surface area contributed by atoms with Crippen LogP contribution < -0.4 is 5.73 Å². The van der Waals surface area contributed by atoms with Gasteiger partial charge in [-0.1, -0.05) is 106 Å². The van der Waals surface area contributed by atoms with Crippen molar-refractivity contribution in [2.45, 2.75) is 40.5 Å². The topological polar surface area (TPSA) is 26.0 Å². The van der Waals surface area contributed by atoms with E-state index in [0.29, 0.717) is 0 Å². The summed E-state index contributed by atoms with van der Waals surface area (Å²) in [5.74, 6) is 0. The standard InChI is InChI=1S/C16H20.C6H7N.C2H6/c1-3-4-5-6-7-9-12-15(2)16-13-10-8-11-14-16;7-6-4-2-1-3-5-6;1-2/h5-14H,3-4H2,1-2H3;1-5H,7H2;1-2H3/b6-5+,9-7-,15-12+;;. The first kappa shape index (κ1) is 22.5. The average Bonchev–Trinajstić information content (AvgIpc) is 2.68. The summed E-state index contributed by atoms with van der Waals surface area (Å²) >= 11 is 0. The lowest BCUT2D eigenvalue weighted by molar-refractivity contribution is 0.959. The van der Waals surface area contributed by atoms with Crippen LogP contribution >= 0.6 is 0 Å². The Morgan fingerprint density at radius 3 is 1.88 bits per heavy atom. The molecule has 0 radical (unpaired) electrons. The number of unbranched alkanes of at least 4 members (excludes halogenated alkanes) is 1. The van der Waals surface area contributed by atoms with Gasteiger partial charge in [0.2, 0.25) is 0 Å². The predicted octanol–water partition coefficient (Wildman–Crippen LogP) is 7.30. The summed E-state index contributed by atoms with van der Waals surface area (Å²) in [6.07, 6.45) is 13.0. The average molecular weight is 336 g/mol. The highest BCUT2D eigenvalue weighted by Gasteiger charge is 1.90. The van der Waals surface area contributed by atoms with Crippen molar-refractivity contribution in [2.75, 3.05) is 5.73 Å². The third kappa shape index (κ3) is 12.5. The van der Waals surface area contributed by atoms with Gasteiger partial charge in [0.15, 0.2) is 0 Å². The number of anilines is 1. The van der Waals surface area contributed by atoms with E-state index in [1.165, 1.54) is 17.6 Å². The highest BCUT2D eigenvalue weighted by atomic mass is 14.5. The van der Waals surface area contributed by atoms with Crippen LogP contribution in [0.4, 0.5) is 5.69 Å². The molecule has 0 amide bonds. The molecule has 2 aromatic carbocycles. The molecule has 1 nitrogen and oxygen atoms in total. The summed E-state index contributed by atoms with van der Waals surface area (Å²) in [5, 5.41) is 0. The molecule has 0 atom stereocenters. The fourth-order valence-corrected chi connectivity index (χ4v) is 1.86. The van der Waals surface area contributed by atoms with Gasteiger partial charge >= 0.3 is 0 Å². The van der Waals surface area contributed by atoms with Gasteiger partial charge in [-0.25, -0.2) is 0 Å². The van der Waals surface area contributed by atoms with E-state index in [4.69, 9.17) is 5.73 Å². The Labute approximate surface area is 154 Å². The van der Waals surface area contributed by atoms with E-state index in [1.807, 2.05) is 50.2 Å². The lowest BCUT2D eigenvalue weighted by atomic mass is 10.1. The summed E-state index contributed by atoms with van der Waals surface area (Å²) in [4.78, 5) is 0. The summed E-state index contributed by atoms with van der Waals surface area (Å²) in [6.45, 7) is 8.32. The number of nitrogens with two attached hydrogens (primary N) is 1. The minimum Gasteiger partial charge on any atom is -0.399 e. The van der Waals surface area contributed by atoms with E-state index in [2.05, 4.69) is 68.5 Å². The molecule has 1 heteroatoms. The summed E-state index contributed by atoms with van der Waals surface area (Å²) in [5.41, 5.74) is 8.75. The molecular weight excluding hydrogens is 302 g/mol. The van der Waals surface area contributed by atoms with Gasteiger partial charge in [-0.2, -0.15) is 0 Å². The monoisotopic (exact) mass is 335 g/mol. The quantitative estimate of drug-likeness (QED) is 0.450. The van der Waals surface area contributed by atoms with Crippen molar-refractivity contribution < 1.29 is 0 Å². The molecule has 25 heavy (non-hydrogen) atoms. The van der Waals surface area contributed by atoms with Crippen LogP contribution in [0.5, 0.6) is 0 Å². The molecule has 0 saturated carbocycles. The van der Waals surface area contributed by atoms with E-state index < -0.39 is 0 Å². The van der Waals surface area contributed by atoms with Crippen LogP contribution in [0.25, 0.3) is 5.57 Å². The van der Waals surface area contributed by atoms with Crippen molar-refractivity contribution >= 4 is 11.3 Å². The summed E-state index contributed by atoms with van der Waals surface area (Å²) < 4.78 is 0. The molecule has 0 spiro atoms. The molecule has 0 aliphatic carbocycles. The summed E-state index contributed by atoms with van der Waals surface area (Å²) in [7, 11) is 0. The Kier molecular flexibility index (Phi) is 14.7. The number of rotatable bonds is 5. The number of hydrogen-bond acceptors (Lipinski definition) is 1. The van der Waals surface area contributed by atoms with E-state index in [-0.39, 0.29) is 0 Å². The predicted molar refractivity (Wildman–Crippen MR) is 115 cm³/mol. The first-order chi connectivity index (χ1) is 12.2. The second-order valence-electron chi connectivity index (χ2n) is 5.23. The molecule has 2 aromatic rings. The second kappa shape index (κ2) is 16.3. The van der Waals surface area contributed by atoms with Crippen LogP contribution in [0.15, 0.2) is 91.0 Å². The van der Waals surface area contributed by atoms with Gasteiger partial charge in [-0.3, -0.25) is 0 Å². The third-order valence-corrected chi connectivity index (χ3v) is 3.19. The highest BCUT2D eigenvalue weighted by molar-refractivity contribution is 5.64. The number of allylic oxidation sites excluding steroid dienone is 6. The molecule has 0 aliphatic rings. The Balaban J connectivity index is 0.000000530. The second-order valence-corrected chi connectivity index (χ2v) is 5.23. The van der Waals surface area contributed by atoms with Crippen LogP contribution in [0.1, 0.15) is 46.1 Å². The fraction of sp³-hybridized carbons (Fsp3) is 0.250. The van der Waals surface area contributed by atoms with Crippen molar-refractivity contribution in [3.8, 4) is 0 Å². The molecule has 2 rings (SSSR count).